The average molecular weight is 248 g/mol. The van der Waals surface area contributed by atoms with Crippen LogP contribution in [-0.4, -0.2) is 31.9 Å². The molecule has 1 rings (SSSR count). The number of piperidine rings is 1. The molecule has 16 heavy (non-hydrogen) atoms. The molecule has 0 aromatic carbocycles. The van der Waals surface area contributed by atoms with Crippen LogP contribution in [0.1, 0.15) is 46.5 Å². The van der Waals surface area contributed by atoms with Crippen LogP contribution >= 0.6 is 0 Å². The molecule has 1 heterocycles. The molecule has 0 bridgehead atoms. The van der Waals surface area contributed by atoms with Crippen molar-refractivity contribution in [3.63, 3.8) is 0 Å². The zero-order valence-electron chi connectivity index (χ0n) is 10.6. The van der Waals surface area contributed by atoms with E-state index in [1.807, 2.05) is 6.92 Å². The summed E-state index contributed by atoms with van der Waals surface area (Å²) in [5.74, 6) is 0.529. The summed E-state index contributed by atoms with van der Waals surface area (Å²) in [6.45, 7) is 7.39. The van der Waals surface area contributed by atoms with E-state index in [2.05, 4.69) is 18.6 Å². The molecule has 0 aromatic heterocycles. The number of nitrogens with one attached hydrogen (secondary N) is 1. The molecule has 4 nitrogen and oxygen atoms in total. The number of nitrogens with zero attached hydrogens (tertiary/aromatic N) is 1. The molecular formula is C11H24N2O2S. The van der Waals surface area contributed by atoms with Crippen LogP contribution in [0, 0.1) is 5.92 Å². The molecule has 1 fully saturated rings. The van der Waals surface area contributed by atoms with Gasteiger partial charge in [-0.3, -0.25) is 0 Å². The fourth-order valence-corrected chi connectivity index (χ4v) is 3.48. The third-order valence-corrected chi connectivity index (χ3v) is 4.79. The summed E-state index contributed by atoms with van der Waals surface area (Å²) in [5, 5.41) is 0. The second-order valence-electron chi connectivity index (χ2n) is 5.04. The Balaban J connectivity index is 2.48. The fraction of sp³-hybridized carbons (Fsp3) is 1.00. The maximum absolute atomic E-state index is 12.0. The third kappa shape index (κ3) is 4.03. The van der Waals surface area contributed by atoms with Gasteiger partial charge in [0.1, 0.15) is 0 Å². The number of rotatable bonds is 5. The van der Waals surface area contributed by atoms with Gasteiger partial charge in [0.15, 0.2) is 0 Å². The quantitative estimate of drug-likeness (QED) is 0.805. The van der Waals surface area contributed by atoms with Crippen molar-refractivity contribution in [2.24, 2.45) is 5.92 Å². The molecule has 0 amide bonds. The van der Waals surface area contributed by atoms with E-state index in [0.29, 0.717) is 19.0 Å². The standard InChI is InChI=1S/C11H24N2O2S/c1-10(2)7-8-12-16(14,15)13-9-5-4-6-11(13)3/h10-12H,4-9H2,1-3H3/t11-/m1/s1. The van der Waals surface area contributed by atoms with Crippen molar-refractivity contribution in [2.75, 3.05) is 13.1 Å². The molecule has 5 heteroatoms. The molecule has 1 aliphatic heterocycles. The van der Waals surface area contributed by atoms with Crippen LogP contribution in [0.2, 0.25) is 0 Å². The van der Waals surface area contributed by atoms with E-state index in [0.717, 1.165) is 25.7 Å². The average Bonchev–Trinajstić information content (AvgIpc) is 2.17. The highest BCUT2D eigenvalue weighted by Crippen LogP contribution is 2.18. The van der Waals surface area contributed by atoms with Gasteiger partial charge in [-0.15, -0.1) is 0 Å². The minimum absolute atomic E-state index is 0.144. The molecule has 1 aliphatic rings. The first-order valence-corrected chi connectivity index (χ1v) is 7.64. The molecule has 1 saturated heterocycles. The lowest BCUT2D eigenvalue weighted by atomic mass is 10.1. The fourth-order valence-electron chi connectivity index (χ4n) is 1.99. The molecule has 96 valence electrons. The lowest BCUT2D eigenvalue weighted by Crippen LogP contribution is -2.48. The molecular weight excluding hydrogens is 224 g/mol. The van der Waals surface area contributed by atoms with Crippen LogP contribution in [0.15, 0.2) is 0 Å². The first kappa shape index (κ1) is 13.9. The van der Waals surface area contributed by atoms with Crippen molar-refractivity contribution in [1.29, 1.82) is 0 Å². The van der Waals surface area contributed by atoms with Gasteiger partial charge in [-0.1, -0.05) is 20.3 Å². The lowest BCUT2D eigenvalue weighted by molar-refractivity contribution is 0.265. The highest BCUT2D eigenvalue weighted by molar-refractivity contribution is 7.87. The zero-order valence-corrected chi connectivity index (χ0v) is 11.4. The van der Waals surface area contributed by atoms with Gasteiger partial charge in [0.05, 0.1) is 0 Å². The summed E-state index contributed by atoms with van der Waals surface area (Å²) in [7, 11) is -3.24. The summed E-state index contributed by atoms with van der Waals surface area (Å²) < 4.78 is 28.3. The normalized spacial score (nSPS) is 23.9. The Bertz CT molecular complexity index is 301. The summed E-state index contributed by atoms with van der Waals surface area (Å²) in [6.07, 6.45) is 3.99. The van der Waals surface area contributed by atoms with Crippen molar-refractivity contribution in [1.82, 2.24) is 9.03 Å². The Hall–Kier alpha value is -0.130. The Morgan fingerprint density at radius 1 is 1.38 bits per heavy atom. The second-order valence-corrected chi connectivity index (χ2v) is 6.75. The minimum atomic E-state index is -3.24. The minimum Gasteiger partial charge on any atom is -0.202 e. The molecule has 0 unspecified atom stereocenters. The van der Waals surface area contributed by atoms with E-state index >= 15 is 0 Å². The first-order valence-electron chi connectivity index (χ1n) is 6.20. The van der Waals surface area contributed by atoms with Crippen LogP contribution in [0.25, 0.3) is 0 Å². The van der Waals surface area contributed by atoms with Crippen molar-refractivity contribution in [3.8, 4) is 0 Å². The van der Waals surface area contributed by atoms with Gasteiger partial charge >= 0.3 is 0 Å². The summed E-state index contributed by atoms with van der Waals surface area (Å²) in [5.41, 5.74) is 0. The van der Waals surface area contributed by atoms with E-state index in [4.69, 9.17) is 0 Å². The predicted molar refractivity (Wildman–Crippen MR) is 66.4 cm³/mol. The van der Waals surface area contributed by atoms with Gasteiger partial charge in [-0.25, -0.2) is 4.72 Å². The van der Waals surface area contributed by atoms with Crippen LogP contribution in [0.4, 0.5) is 0 Å². The van der Waals surface area contributed by atoms with Gasteiger partial charge in [0.25, 0.3) is 10.2 Å². The monoisotopic (exact) mass is 248 g/mol. The molecule has 0 aliphatic carbocycles. The largest absolute Gasteiger partial charge is 0.279 e. The van der Waals surface area contributed by atoms with Crippen LogP contribution in [-0.2, 0) is 10.2 Å². The smallest absolute Gasteiger partial charge is 0.202 e. The van der Waals surface area contributed by atoms with E-state index < -0.39 is 10.2 Å². The van der Waals surface area contributed by atoms with Gasteiger partial charge in [0, 0.05) is 19.1 Å². The summed E-state index contributed by atoms with van der Waals surface area (Å²) in [4.78, 5) is 0. The Labute approximate surface area is 99.6 Å². The zero-order chi connectivity index (χ0) is 12.2. The molecule has 0 spiro atoms. The van der Waals surface area contributed by atoms with E-state index in [1.165, 1.54) is 0 Å². The van der Waals surface area contributed by atoms with Gasteiger partial charge in [-0.2, -0.15) is 12.7 Å². The Morgan fingerprint density at radius 3 is 2.62 bits per heavy atom. The SMILES string of the molecule is CC(C)CCNS(=O)(=O)N1CCCC[C@H]1C. The molecule has 0 radical (unpaired) electrons. The topological polar surface area (TPSA) is 49.4 Å². The van der Waals surface area contributed by atoms with Crippen LogP contribution in [0.5, 0.6) is 0 Å². The summed E-state index contributed by atoms with van der Waals surface area (Å²) in [6, 6.07) is 0.144. The van der Waals surface area contributed by atoms with Gasteiger partial charge in [0.2, 0.25) is 0 Å². The highest BCUT2D eigenvalue weighted by atomic mass is 32.2. The van der Waals surface area contributed by atoms with Crippen LogP contribution < -0.4 is 4.72 Å². The number of hydrogen-bond donors (Lipinski definition) is 1. The second kappa shape index (κ2) is 5.98. The van der Waals surface area contributed by atoms with Crippen LogP contribution in [0.3, 0.4) is 0 Å². The summed E-state index contributed by atoms with van der Waals surface area (Å²) >= 11 is 0. The van der Waals surface area contributed by atoms with Gasteiger partial charge < -0.3 is 0 Å². The molecule has 1 N–H and O–H groups in total. The van der Waals surface area contributed by atoms with E-state index in [-0.39, 0.29) is 6.04 Å². The number of hydrogen-bond acceptors (Lipinski definition) is 2. The van der Waals surface area contributed by atoms with E-state index in [9.17, 15) is 8.42 Å². The van der Waals surface area contributed by atoms with Crippen molar-refractivity contribution >= 4 is 10.2 Å². The Morgan fingerprint density at radius 2 is 2.06 bits per heavy atom. The highest BCUT2D eigenvalue weighted by Gasteiger charge is 2.28. The van der Waals surface area contributed by atoms with Crippen molar-refractivity contribution in [3.05, 3.63) is 0 Å². The van der Waals surface area contributed by atoms with Crippen molar-refractivity contribution in [2.45, 2.75) is 52.5 Å². The van der Waals surface area contributed by atoms with Gasteiger partial charge in [-0.05, 0) is 32.1 Å². The Kier molecular flexibility index (Phi) is 5.21. The maximum atomic E-state index is 12.0. The predicted octanol–water partition coefficient (Wildman–Crippen LogP) is 1.74. The molecule has 0 saturated carbocycles. The van der Waals surface area contributed by atoms with Crippen molar-refractivity contribution < 1.29 is 8.42 Å². The lowest BCUT2D eigenvalue weighted by Gasteiger charge is -2.32. The molecule has 0 aromatic rings. The third-order valence-electron chi connectivity index (χ3n) is 3.06. The first-order chi connectivity index (χ1) is 7.43. The van der Waals surface area contributed by atoms with E-state index in [1.54, 1.807) is 4.31 Å². The maximum Gasteiger partial charge on any atom is 0.279 e. The molecule has 1 atom stereocenters.